The lowest BCUT2D eigenvalue weighted by Crippen LogP contribution is -2.05. The number of ether oxygens (including phenoxy) is 2. The smallest absolute Gasteiger partial charge is 0.306 e. The maximum Gasteiger partial charge on any atom is 0.306 e. The van der Waals surface area contributed by atoms with Gasteiger partial charge in [0.1, 0.15) is 13.2 Å². The summed E-state index contributed by atoms with van der Waals surface area (Å²) in [6.45, 7) is 7.57. The van der Waals surface area contributed by atoms with Gasteiger partial charge in [-0.2, -0.15) is 0 Å². The SMILES string of the molecule is C=CCOC(=O)CCc1ccc(-c2c(N)ccc(-c3ccc(N)cc3)c2-c2ccc(CCC(=O)OCC=C)cc2)cc1. The van der Waals surface area contributed by atoms with E-state index in [1.54, 1.807) is 12.2 Å². The van der Waals surface area contributed by atoms with Gasteiger partial charge in [0.15, 0.2) is 0 Å². The number of nitrogen functional groups attached to an aromatic ring is 2. The van der Waals surface area contributed by atoms with Gasteiger partial charge in [0.2, 0.25) is 0 Å². The van der Waals surface area contributed by atoms with Crippen molar-refractivity contribution in [1.82, 2.24) is 0 Å². The van der Waals surface area contributed by atoms with Crippen LogP contribution in [-0.2, 0) is 31.9 Å². The van der Waals surface area contributed by atoms with E-state index in [9.17, 15) is 9.59 Å². The molecule has 0 saturated heterocycles. The maximum atomic E-state index is 11.9. The summed E-state index contributed by atoms with van der Waals surface area (Å²) in [6.07, 6.45) is 4.86. The minimum Gasteiger partial charge on any atom is -0.461 e. The predicted octanol–water partition coefficient (Wildman–Crippen LogP) is 7.18. The van der Waals surface area contributed by atoms with E-state index in [0.29, 0.717) is 37.1 Å². The first-order valence-electron chi connectivity index (χ1n) is 13.9. The van der Waals surface area contributed by atoms with Crippen molar-refractivity contribution in [2.24, 2.45) is 0 Å². The molecular formula is C36H36N2O4. The van der Waals surface area contributed by atoms with Crippen LogP contribution in [0.4, 0.5) is 11.4 Å². The fourth-order valence-corrected chi connectivity index (χ4v) is 4.75. The van der Waals surface area contributed by atoms with Gasteiger partial charge in [-0.25, -0.2) is 0 Å². The summed E-state index contributed by atoms with van der Waals surface area (Å²) < 4.78 is 10.2. The lowest BCUT2D eigenvalue weighted by molar-refractivity contribution is -0.143. The van der Waals surface area contributed by atoms with Gasteiger partial charge in [-0.3, -0.25) is 9.59 Å². The van der Waals surface area contributed by atoms with Crippen LogP contribution in [0.15, 0.2) is 110 Å². The predicted molar refractivity (Wildman–Crippen MR) is 171 cm³/mol. The number of nitrogens with two attached hydrogens (primary N) is 2. The van der Waals surface area contributed by atoms with Gasteiger partial charge in [-0.05, 0) is 70.0 Å². The van der Waals surface area contributed by atoms with Crippen LogP contribution in [0.1, 0.15) is 24.0 Å². The molecule has 6 heteroatoms. The van der Waals surface area contributed by atoms with Crippen LogP contribution in [-0.4, -0.2) is 25.2 Å². The molecule has 0 aliphatic rings. The standard InChI is InChI=1S/C36H36N2O4/c1-3-23-41-33(39)21-9-25-5-11-28(12-6-25)35-31(27-15-17-30(37)18-16-27)19-20-32(38)36(35)29-13-7-26(8-14-29)10-22-34(40)42-24-4-2/h3-8,11-20H,1-2,9-10,21-24,37-38H2. The lowest BCUT2D eigenvalue weighted by Gasteiger charge is -2.19. The minimum absolute atomic E-state index is 0.215. The molecule has 4 rings (SSSR count). The molecule has 214 valence electrons. The van der Waals surface area contributed by atoms with Crippen LogP contribution in [0, 0.1) is 0 Å². The normalized spacial score (nSPS) is 10.6. The lowest BCUT2D eigenvalue weighted by atomic mass is 9.86. The van der Waals surface area contributed by atoms with E-state index < -0.39 is 0 Å². The Bertz CT molecular complexity index is 1540. The number of esters is 2. The summed E-state index contributed by atoms with van der Waals surface area (Å²) >= 11 is 0. The van der Waals surface area contributed by atoms with Crippen LogP contribution in [0.3, 0.4) is 0 Å². The number of hydrogen-bond donors (Lipinski definition) is 2. The highest BCUT2D eigenvalue weighted by atomic mass is 16.5. The van der Waals surface area contributed by atoms with Crippen molar-refractivity contribution < 1.29 is 19.1 Å². The molecule has 0 radical (unpaired) electrons. The molecule has 0 unspecified atom stereocenters. The Labute approximate surface area is 247 Å². The first-order chi connectivity index (χ1) is 20.4. The van der Waals surface area contributed by atoms with Crippen LogP contribution in [0.5, 0.6) is 0 Å². The van der Waals surface area contributed by atoms with Crippen molar-refractivity contribution in [1.29, 1.82) is 0 Å². The Morgan fingerprint density at radius 3 is 1.52 bits per heavy atom. The molecule has 4 N–H and O–H groups in total. The molecule has 4 aromatic rings. The molecule has 0 fully saturated rings. The van der Waals surface area contributed by atoms with Gasteiger partial charge in [0, 0.05) is 29.8 Å². The van der Waals surface area contributed by atoms with Crippen molar-refractivity contribution in [2.45, 2.75) is 25.7 Å². The van der Waals surface area contributed by atoms with Crippen LogP contribution in [0.25, 0.3) is 33.4 Å². The third kappa shape index (κ3) is 7.76. The molecule has 0 saturated carbocycles. The zero-order chi connectivity index (χ0) is 29.9. The topological polar surface area (TPSA) is 105 Å². The van der Waals surface area contributed by atoms with E-state index >= 15 is 0 Å². The second-order valence-corrected chi connectivity index (χ2v) is 9.91. The quantitative estimate of drug-likeness (QED) is 0.102. The van der Waals surface area contributed by atoms with E-state index in [4.69, 9.17) is 20.9 Å². The van der Waals surface area contributed by atoms with Crippen molar-refractivity contribution in [2.75, 3.05) is 24.7 Å². The highest BCUT2D eigenvalue weighted by Gasteiger charge is 2.18. The first kappa shape index (κ1) is 29.9. The summed E-state index contributed by atoms with van der Waals surface area (Å²) in [5.41, 5.74) is 22.0. The second kappa shape index (κ2) is 14.5. The summed E-state index contributed by atoms with van der Waals surface area (Å²) in [5, 5.41) is 0. The maximum absolute atomic E-state index is 11.9. The van der Waals surface area contributed by atoms with E-state index in [-0.39, 0.29) is 25.2 Å². The van der Waals surface area contributed by atoms with Crippen molar-refractivity contribution >= 4 is 23.3 Å². The van der Waals surface area contributed by atoms with Crippen LogP contribution < -0.4 is 11.5 Å². The number of anilines is 2. The summed E-state index contributed by atoms with van der Waals surface area (Å²) in [5.74, 6) is -0.501. The summed E-state index contributed by atoms with van der Waals surface area (Å²) in [7, 11) is 0. The fourth-order valence-electron chi connectivity index (χ4n) is 4.75. The zero-order valence-corrected chi connectivity index (χ0v) is 23.7. The summed E-state index contributed by atoms with van der Waals surface area (Å²) in [6, 6.07) is 28.0. The molecule has 0 aliphatic heterocycles. The van der Waals surface area contributed by atoms with Gasteiger partial charge in [-0.15, -0.1) is 0 Å². The zero-order valence-electron chi connectivity index (χ0n) is 23.7. The Balaban J connectivity index is 1.68. The van der Waals surface area contributed by atoms with E-state index in [2.05, 4.69) is 25.3 Å². The highest BCUT2D eigenvalue weighted by Crippen LogP contribution is 2.43. The molecular weight excluding hydrogens is 524 g/mol. The molecule has 0 aliphatic carbocycles. The number of hydrogen-bond acceptors (Lipinski definition) is 6. The van der Waals surface area contributed by atoms with Gasteiger partial charge in [0.25, 0.3) is 0 Å². The molecule has 0 bridgehead atoms. The third-order valence-corrected chi connectivity index (χ3v) is 6.90. The Morgan fingerprint density at radius 1 is 0.595 bits per heavy atom. The van der Waals surface area contributed by atoms with Crippen molar-refractivity contribution in [3.8, 4) is 33.4 Å². The van der Waals surface area contributed by atoms with Gasteiger partial charge >= 0.3 is 11.9 Å². The van der Waals surface area contributed by atoms with Crippen molar-refractivity contribution in [3.05, 3.63) is 121 Å². The molecule has 0 spiro atoms. The first-order valence-corrected chi connectivity index (χ1v) is 13.9. The minimum atomic E-state index is -0.251. The number of aryl methyl sites for hydroxylation is 2. The Kier molecular flexibility index (Phi) is 10.3. The molecule has 4 aromatic carbocycles. The number of carbonyl (C=O) groups is 2. The highest BCUT2D eigenvalue weighted by molar-refractivity contribution is 5.99. The van der Waals surface area contributed by atoms with E-state index in [0.717, 1.165) is 44.5 Å². The average molecular weight is 561 g/mol. The molecule has 0 aromatic heterocycles. The molecule has 0 amide bonds. The monoisotopic (exact) mass is 560 g/mol. The fraction of sp³-hybridized carbons (Fsp3) is 0.167. The van der Waals surface area contributed by atoms with Gasteiger partial charge < -0.3 is 20.9 Å². The Morgan fingerprint density at radius 2 is 1.05 bits per heavy atom. The molecule has 6 nitrogen and oxygen atoms in total. The number of rotatable bonds is 13. The summed E-state index contributed by atoms with van der Waals surface area (Å²) in [4.78, 5) is 23.9. The number of benzene rings is 4. The van der Waals surface area contributed by atoms with Gasteiger partial charge in [0.05, 0.1) is 0 Å². The van der Waals surface area contributed by atoms with Crippen molar-refractivity contribution in [3.63, 3.8) is 0 Å². The van der Waals surface area contributed by atoms with E-state index in [1.165, 1.54) is 0 Å². The van der Waals surface area contributed by atoms with Crippen LogP contribution in [0.2, 0.25) is 0 Å². The average Bonchev–Trinajstić information content (AvgIpc) is 3.01. The van der Waals surface area contributed by atoms with Gasteiger partial charge in [-0.1, -0.05) is 92.0 Å². The molecule has 0 atom stereocenters. The largest absolute Gasteiger partial charge is 0.461 e. The Hall–Kier alpha value is -5.10. The van der Waals surface area contributed by atoms with E-state index in [1.807, 2.05) is 72.8 Å². The molecule has 42 heavy (non-hydrogen) atoms. The molecule has 0 heterocycles. The van der Waals surface area contributed by atoms with Crippen LogP contribution >= 0.6 is 0 Å². The second-order valence-electron chi connectivity index (χ2n) is 9.91. The third-order valence-electron chi connectivity index (χ3n) is 6.90. The number of carbonyl (C=O) groups excluding carboxylic acids is 2.